The molecule has 5 N–H and O–H groups in total. The molecule has 0 aromatic heterocycles. The Morgan fingerprint density at radius 1 is 1.16 bits per heavy atom. The fourth-order valence-corrected chi connectivity index (χ4v) is 6.22. The third-order valence-electron chi connectivity index (χ3n) is 8.37. The van der Waals surface area contributed by atoms with E-state index in [0.29, 0.717) is 23.3 Å². The van der Waals surface area contributed by atoms with Crippen LogP contribution in [0.1, 0.15) is 93.6 Å². The van der Waals surface area contributed by atoms with Gasteiger partial charge < -0.3 is 39.7 Å². The monoisotopic (exact) mass is 534 g/mol. The molecule has 4 rings (SSSR count). The Balaban J connectivity index is 1.88. The molecule has 1 aliphatic carbocycles. The van der Waals surface area contributed by atoms with Crippen molar-refractivity contribution < 1.29 is 44.5 Å². The van der Waals surface area contributed by atoms with Crippen molar-refractivity contribution in [2.24, 2.45) is 11.8 Å². The van der Waals surface area contributed by atoms with Crippen molar-refractivity contribution in [1.29, 1.82) is 0 Å². The lowest BCUT2D eigenvalue weighted by molar-refractivity contribution is -0.313. The van der Waals surface area contributed by atoms with Gasteiger partial charge in [0.15, 0.2) is 6.29 Å². The van der Waals surface area contributed by atoms with Gasteiger partial charge in [0.1, 0.15) is 28.8 Å². The predicted octanol–water partition coefficient (Wildman–Crippen LogP) is 3.50. The molecule has 1 aromatic rings. The van der Waals surface area contributed by atoms with Crippen molar-refractivity contribution in [2.45, 2.75) is 109 Å². The number of fused-ring (bicyclic) bond motifs is 3. The lowest BCUT2D eigenvalue weighted by Crippen LogP contribution is -2.57. The highest BCUT2D eigenvalue weighted by molar-refractivity contribution is 5.94. The van der Waals surface area contributed by atoms with Gasteiger partial charge in [-0.1, -0.05) is 37.8 Å². The summed E-state index contributed by atoms with van der Waals surface area (Å²) in [4.78, 5) is 12.8. The summed E-state index contributed by atoms with van der Waals surface area (Å²) in [5.41, 5.74) is 1.86. The lowest BCUT2D eigenvalue weighted by atomic mass is 9.67. The van der Waals surface area contributed by atoms with Gasteiger partial charge in [0.05, 0.1) is 18.6 Å². The van der Waals surface area contributed by atoms with Crippen LogP contribution in [-0.4, -0.2) is 68.5 Å². The molecule has 2 aliphatic heterocycles. The minimum atomic E-state index is -1.76. The fourth-order valence-electron chi connectivity index (χ4n) is 6.22. The molecule has 0 saturated carbocycles. The van der Waals surface area contributed by atoms with Crippen molar-refractivity contribution in [2.75, 3.05) is 6.61 Å². The third-order valence-corrected chi connectivity index (χ3v) is 8.37. The van der Waals surface area contributed by atoms with E-state index in [9.17, 15) is 30.3 Å². The number of aryl methyl sites for hydroxylation is 1. The fraction of sp³-hybridized carbons (Fsp3) is 0.690. The molecular weight excluding hydrogens is 492 g/mol. The highest BCUT2D eigenvalue weighted by atomic mass is 16.7. The summed E-state index contributed by atoms with van der Waals surface area (Å²) in [5.74, 6) is -1.78. The summed E-state index contributed by atoms with van der Waals surface area (Å²) in [6.07, 6.45) is 1.95. The second kappa shape index (κ2) is 11.5. The van der Waals surface area contributed by atoms with Crippen LogP contribution < -0.4 is 9.47 Å². The Hall–Kier alpha value is -2.17. The molecule has 2 unspecified atom stereocenters. The van der Waals surface area contributed by atoms with E-state index in [0.717, 1.165) is 38.5 Å². The van der Waals surface area contributed by atoms with Crippen LogP contribution in [0.5, 0.6) is 11.5 Å². The summed E-state index contributed by atoms with van der Waals surface area (Å²) >= 11 is 0. The molecule has 9 nitrogen and oxygen atoms in total. The van der Waals surface area contributed by atoms with Crippen LogP contribution in [0.4, 0.5) is 0 Å². The number of carboxylic acid groups (broad SMARTS) is 1. The molecule has 0 radical (unpaired) electrons. The SMILES string of the molecule is CCCCCCc1cc2c(c(O[C@H]3O[C@H](O)[C@@H](O)[C@H](O)[C@H]3CO)c1C(=O)O)C1C=C(C)CCC1C(C)(C)O2. The molecule has 7 atom stereocenters. The first-order valence-corrected chi connectivity index (χ1v) is 13.8. The normalized spacial score (nSPS) is 32.0. The quantitative estimate of drug-likeness (QED) is 0.237. The highest BCUT2D eigenvalue weighted by Crippen LogP contribution is 2.55. The van der Waals surface area contributed by atoms with Crippen LogP contribution in [0.25, 0.3) is 0 Å². The number of aliphatic hydroxyl groups excluding tert-OH is 4. The predicted molar refractivity (Wildman–Crippen MR) is 139 cm³/mol. The van der Waals surface area contributed by atoms with E-state index < -0.39 is 48.9 Å². The van der Waals surface area contributed by atoms with E-state index in [-0.39, 0.29) is 23.1 Å². The number of carbonyl (C=O) groups is 1. The van der Waals surface area contributed by atoms with E-state index in [2.05, 4.69) is 33.8 Å². The minimum absolute atomic E-state index is 0.00526. The number of unbranched alkanes of at least 4 members (excludes halogenated alkanes) is 3. The number of rotatable bonds is 9. The molecule has 9 heteroatoms. The Bertz CT molecular complexity index is 1050. The maximum Gasteiger partial charge on any atom is 0.339 e. The van der Waals surface area contributed by atoms with E-state index in [1.807, 2.05) is 6.07 Å². The van der Waals surface area contributed by atoms with Crippen LogP contribution in [0.2, 0.25) is 0 Å². The number of aromatic carboxylic acids is 1. The first-order chi connectivity index (χ1) is 18.0. The summed E-state index contributed by atoms with van der Waals surface area (Å²) in [6.45, 7) is 7.66. The molecule has 38 heavy (non-hydrogen) atoms. The smallest absolute Gasteiger partial charge is 0.339 e. The van der Waals surface area contributed by atoms with Crippen molar-refractivity contribution in [3.63, 3.8) is 0 Å². The Labute approximate surface area is 224 Å². The average molecular weight is 535 g/mol. The second-order valence-electron chi connectivity index (χ2n) is 11.5. The number of hydrogen-bond donors (Lipinski definition) is 5. The van der Waals surface area contributed by atoms with Crippen molar-refractivity contribution >= 4 is 5.97 Å². The van der Waals surface area contributed by atoms with Gasteiger partial charge in [-0.2, -0.15) is 0 Å². The molecule has 1 aromatic carbocycles. The van der Waals surface area contributed by atoms with Crippen LogP contribution in [0.15, 0.2) is 17.7 Å². The van der Waals surface area contributed by atoms with Gasteiger partial charge in [0.2, 0.25) is 6.29 Å². The Morgan fingerprint density at radius 3 is 2.55 bits per heavy atom. The molecular formula is C29H42O9. The van der Waals surface area contributed by atoms with E-state index >= 15 is 0 Å². The molecule has 1 saturated heterocycles. The highest BCUT2D eigenvalue weighted by Gasteiger charge is 2.49. The molecule has 0 spiro atoms. The Kier molecular flexibility index (Phi) is 8.74. The van der Waals surface area contributed by atoms with Crippen molar-refractivity contribution in [3.05, 3.63) is 34.4 Å². The molecule has 0 amide bonds. The number of hydrogen-bond acceptors (Lipinski definition) is 8. The van der Waals surface area contributed by atoms with Gasteiger partial charge in [0, 0.05) is 17.4 Å². The zero-order valence-electron chi connectivity index (χ0n) is 22.7. The largest absolute Gasteiger partial charge is 0.487 e. The van der Waals surface area contributed by atoms with Crippen molar-refractivity contribution in [1.82, 2.24) is 0 Å². The lowest BCUT2D eigenvalue weighted by Gasteiger charge is -2.47. The summed E-state index contributed by atoms with van der Waals surface area (Å²) in [5, 5.41) is 51.2. The van der Waals surface area contributed by atoms with Crippen LogP contribution in [0, 0.1) is 11.8 Å². The molecule has 3 aliphatic rings. The van der Waals surface area contributed by atoms with Crippen LogP contribution in [0.3, 0.4) is 0 Å². The van der Waals surface area contributed by atoms with Gasteiger partial charge in [-0.05, 0) is 58.1 Å². The third kappa shape index (κ3) is 5.45. The number of benzene rings is 1. The number of aliphatic hydroxyl groups is 4. The van der Waals surface area contributed by atoms with Gasteiger partial charge >= 0.3 is 5.97 Å². The van der Waals surface area contributed by atoms with Crippen LogP contribution >= 0.6 is 0 Å². The zero-order chi connectivity index (χ0) is 27.8. The number of carboxylic acids is 1. The second-order valence-corrected chi connectivity index (χ2v) is 11.5. The standard InChI is InChI=1S/C29H42O9/c1-5-6-7-8-9-16-13-20-22(17-12-15(2)10-11-19(17)29(3,4)38-20)25(21(16)26(33)34)36-28-18(14-30)23(31)24(32)27(35)37-28/h12-13,17-19,23-24,27-28,30-32,35H,5-11,14H2,1-4H3,(H,33,34)/t17?,18-,19?,23-,24+,27+,28+/m1/s1. The van der Waals surface area contributed by atoms with Gasteiger partial charge in [-0.15, -0.1) is 0 Å². The summed E-state index contributed by atoms with van der Waals surface area (Å²) in [7, 11) is 0. The van der Waals surface area contributed by atoms with E-state index in [1.54, 1.807) is 0 Å². The summed E-state index contributed by atoms with van der Waals surface area (Å²) in [6, 6.07) is 1.83. The molecule has 2 heterocycles. The maximum absolute atomic E-state index is 12.8. The van der Waals surface area contributed by atoms with Crippen LogP contribution in [-0.2, 0) is 11.2 Å². The number of allylic oxidation sites excluding steroid dienone is 2. The van der Waals surface area contributed by atoms with Gasteiger partial charge in [-0.25, -0.2) is 4.79 Å². The first kappa shape index (κ1) is 28.8. The van der Waals surface area contributed by atoms with Gasteiger partial charge in [0.25, 0.3) is 0 Å². The molecule has 0 bridgehead atoms. The zero-order valence-corrected chi connectivity index (χ0v) is 22.7. The van der Waals surface area contributed by atoms with Gasteiger partial charge in [-0.3, -0.25) is 0 Å². The number of ether oxygens (including phenoxy) is 3. The van der Waals surface area contributed by atoms with E-state index in [4.69, 9.17) is 14.2 Å². The molecule has 212 valence electrons. The molecule has 1 fully saturated rings. The topological polar surface area (TPSA) is 146 Å². The van der Waals surface area contributed by atoms with E-state index in [1.165, 1.54) is 5.57 Å². The average Bonchev–Trinajstić information content (AvgIpc) is 2.84. The van der Waals surface area contributed by atoms with Crippen molar-refractivity contribution in [3.8, 4) is 11.5 Å². The minimum Gasteiger partial charge on any atom is -0.487 e. The Morgan fingerprint density at radius 2 is 1.89 bits per heavy atom. The maximum atomic E-state index is 12.8. The summed E-state index contributed by atoms with van der Waals surface area (Å²) < 4.78 is 18.3. The first-order valence-electron chi connectivity index (χ1n) is 13.8.